The molecule has 1 aromatic heterocycles. The highest BCUT2D eigenvalue weighted by atomic mass is 16.2. The first-order valence-corrected chi connectivity index (χ1v) is 9.80. The summed E-state index contributed by atoms with van der Waals surface area (Å²) in [6, 6.07) is 19.7. The van der Waals surface area contributed by atoms with Crippen LogP contribution in [-0.2, 0) is 6.42 Å². The van der Waals surface area contributed by atoms with E-state index >= 15 is 0 Å². The van der Waals surface area contributed by atoms with E-state index in [0.717, 1.165) is 36.6 Å². The van der Waals surface area contributed by atoms with E-state index in [1.54, 1.807) is 0 Å². The Kier molecular flexibility index (Phi) is 5.06. The van der Waals surface area contributed by atoms with Crippen molar-refractivity contribution in [2.75, 3.05) is 29.4 Å². The molecule has 5 nitrogen and oxygen atoms in total. The van der Waals surface area contributed by atoms with Crippen LogP contribution in [0.2, 0.25) is 0 Å². The Balaban J connectivity index is 1.78. The first kappa shape index (κ1) is 18.2. The molecule has 142 valence electrons. The van der Waals surface area contributed by atoms with Crippen LogP contribution in [0.5, 0.6) is 0 Å². The van der Waals surface area contributed by atoms with Crippen LogP contribution in [0.4, 0.5) is 11.5 Å². The van der Waals surface area contributed by atoms with E-state index in [0.29, 0.717) is 18.1 Å². The fraction of sp³-hybridized carbons (Fsp3) is 0.261. The molecule has 0 unspecified atom stereocenters. The summed E-state index contributed by atoms with van der Waals surface area (Å²) in [4.78, 5) is 26.7. The summed E-state index contributed by atoms with van der Waals surface area (Å²) in [5.74, 6) is 1.30. The molecule has 2 heterocycles. The largest absolute Gasteiger partial charge is 0.357 e. The van der Waals surface area contributed by atoms with Crippen LogP contribution in [0.3, 0.4) is 0 Å². The highest BCUT2D eigenvalue weighted by Gasteiger charge is 2.27. The number of amides is 1. The van der Waals surface area contributed by atoms with E-state index in [1.807, 2.05) is 59.5 Å². The molecule has 4 rings (SSSR count). The van der Waals surface area contributed by atoms with Crippen molar-refractivity contribution in [1.29, 1.82) is 0 Å². The molecule has 0 spiro atoms. The number of carbonyl (C=O) groups excluding carboxylic acids is 1. The second-order valence-electron chi connectivity index (χ2n) is 6.81. The van der Waals surface area contributed by atoms with Crippen molar-refractivity contribution < 1.29 is 4.79 Å². The van der Waals surface area contributed by atoms with E-state index < -0.39 is 0 Å². The van der Waals surface area contributed by atoms with Gasteiger partial charge in [0.2, 0.25) is 0 Å². The predicted octanol–water partition coefficient (Wildman–Crippen LogP) is 4.19. The van der Waals surface area contributed by atoms with Crippen LogP contribution in [0.25, 0.3) is 11.4 Å². The number of para-hydroxylation sites is 1. The zero-order valence-electron chi connectivity index (χ0n) is 16.3. The van der Waals surface area contributed by atoms with Crippen molar-refractivity contribution in [1.82, 2.24) is 9.97 Å². The molecule has 0 radical (unpaired) electrons. The Morgan fingerprint density at radius 3 is 2.46 bits per heavy atom. The van der Waals surface area contributed by atoms with Crippen LogP contribution in [-0.4, -0.2) is 35.5 Å². The van der Waals surface area contributed by atoms with Gasteiger partial charge in [-0.1, -0.05) is 48.5 Å². The molecule has 5 heteroatoms. The van der Waals surface area contributed by atoms with Crippen molar-refractivity contribution in [3.05, 3.63) is 71.9 Å². The van der Waals surface area contributed by atoms with Gasteiger partial charge in [0, 0.05) is 37.0 Å². The molecule has 0 aliphatic carbocycles. The lowest BCUT2D eigenvalue weighted by molar-refractivity contribution is 0.0984. The Bertz CT molecular complexity index is 983. The molecule has 1 aliphatic rings. The third-order valence-electron chi connectivity index (χ3n) is 5.18. The van der Waals surface area contributed by atoms with Crippen LogP contribution >= 0.6 is 0 Å². The quantitative estimate of drug-likeness (QED) is 0.674. The van der Waals surface area contributed by atoms with E-state index in [1.165, 1.54) is 5.56 Å². The summed E-state index contributed by atoms with van der Waals surface area (Å²) in [6.07, 6.45) is 0.876. The SMILES string of the molecule is CCN(CC)c1cc(C(=O)N2CCc3ccccc32)nc(-c2ccccc2)n1. The Morgan fingerprint density at radius 1 is 1.00 bits per heavy atom. The van der Waals surface area contributed by atoms with Gasteiger partial charge in [-0.2, -0.15) is 0 Å². The topological polar surface area (TPSA) is 49.3 Å². The van der Waals surface area contributed by atoms with E-state index in [9.17, 15) is 4.79 Å². The third kappa shape index (κ3) is 3.36. The van der Waals surface area contributed by atoms with E-state index in [-0.39, 0.29) is 5.91 Å². The maximum Gasteiger partial charge on any atom is 0.277 e. The number of anilines is 2. The molecular formula is C23H24N4O. The molecule has 0 N–H and O–H groups in total. The Morgan fingerprint density at radius 2 is 1.71 bits per heavy atom. The average molecular weight is 372 g/mol. The smallest absolute Gasteiger partial charge is 0.277 e. The highest BCUT2D eigenvalue weighted by molar-refractivity contribution is 6.06. The maximum absolute atomic E-state index is 13.4. The van der Waals surface area contributed by atoms with E-state index in [2.05, 4.69) is 29.8 Å². The third-order valence-corrected chi connectivity index (χ3v) is 5.18. The Hall–Kier alpha value is -3.21. The van der Waals surface area contributed by atoms with Gasteiger partial charge in [0.05, 0.1) is 0 Å². The zero-order valence-corrected chi connectivity index (χ0v) is 16.3. The number of aromatic nitrogens is 2. The number of rotatable bonds is 5. The number of benzene rings is 2. The molecule has 0 saturated heterocycles. The summed E-state index contributed by atoms with van der Waals surface area (Å²) in [6.45, 7) is 6.51. The molecule has 0 saturated carbocycles. The van der Waals surface area contributed by atoms with Crippen molar-refractivity contribution in [3.63, 3.8) is 0 Å². The lowest BCUT2D eigenvalue weighted by Gasteiger charge is -2.22. The molecular weight excluding hydrogens is 348 g/mol. The van der Waals surface area contributed by atoms with E-state index in [4.69, 9.17) is 4.98 Å². The number of carbonyl (C=O) groups is 1. The van der Waals surface area contributed by atoms with Crippen LogP contribution < -0.4 is 9.80 Å². The molecule has 1 aliphatic heterocycles. The van der Waals surface area contributed by atoms with Gasteiger partial charge in [-0.3, -0.25) is 4.79 Å². The van der Waals surface area contributed by atoms with Crippen molar-refractivity contribution in [3.8, 4) is 11.4 Å². The second-order valence-corrected chi connectivity index (χ2v) is 6.81. The lowest BCUT2D eigenvalue weighted by Crippen LogP contribution is -2.31. The molecule has 3 aromatic rings. The standard InChI is InChI=1S/C23H24N4O/c1-3-26(4-2)21-16-19(24-22(25-21)18-11-6-5-7-12-18)23(28)27-15-14-17-10-8-9-13-20(17)27/h5-13,16H,3-4,14-15H2,1-2H3. The first-order valence-electron chi connectivity index (χ1n) is 9.80. The number of nitrogens with zero attached hydrogens (tertiary/aromatic N) is 4. The molecule has 0 fully saturated rings. The summed E-state index contributed by atoms with van der Waals surface area (Å²) in [5, 5.41) is 0. The van der Waals surface area contributed by atoms with Crippen molar-refractivity contribution >= 4 is 17.4 Å². The fourth-order valence-electron chi connectivity index (χ4n) is 3.66. The average Bonchev–Trinajstić information content (AvgIpc) is 3.19. The molecule has 0 atom stereocenters. The number of fused-ring (bicyclic) bond motifs is 1. The van der Waals surface area contributed by atoms with Crippen molar-refractivity contribution in [2.45, 2.75) is 20.3 Å². The molecule has 28 heavy (non-hydrogen) atoms. The van der Waals surface area contributed by atoms with Gasteiger partial charge < -0.3 is 9.80 Å². The second kappa shape index (κ2) is 7.80. The van der Waals surface area contributed by atoms with Gasteiger partial charge in [0.1, 0.15) is 11.5 Å². The summed E-state index contributed by atoms with van der Waals surface area (Å²) in [7, 11) is 0. The molecule has 1 amide bonds. The van der Waals surface area contributed by atoms with Crippen LogP contribution in [0, 0.1) is 0 Å². The van der Waals surface area contributed by atoms with Gasteiger partial charge in [0.25, 0.3) is 5.91 Å². The fourth-order valence-corrected chi connectivity index (χ4v) is 3.66. The van der Waals surface area contributed by atoms with Gasteiger partial charge in [0.15, 0.2) is 5.82 Å². The summed E-state index contributed by atoms with van der Waals surface area (Å²) >= 11 is 0. The Labute approximate surface area is 165 Å². The minimum atomic E-state index is -0.0714. The maximum atomic E-state index is 13.4. The molecule has 2 aromatic carbocycles. The number of hydrogen-bond donors (Lipinski definition) is 0. The normalized spacial score (nSPS) is 12.7. The summed E-state index contributed by atoms with van der Waals surface area (Å²) < 4.78 is 0. The minimum Gasteiger partial charge on any atom is -0.357 e. The monoisotopic (exact) mass is 372 g/mol. The van der Waals surface area contributed by atoms with Crippen LogP contribution in [0.15, 0.2) is 60.7 Å². The van der Waals surface area contributed by atoms with Gasteiger partial charge in [-0.15, -0.1) is 0 Å². The van der Waals surface area contributed by atoms with Gasteiger partial charge >= 0.3 is 0 Å². The lowest BCUT2D eigenvalue weighted by atomic mass is 10.2. The summed E-state index contributed by atoms with van der Waals surface area (Å²) in [5.41, 5.74) is 3.54. The van der Waals surface area contributed by atoms with Gasteiger partial charge in [-0.25, -0.2) is 9.97 Å². The number of hydrogen-bond acceptors (Lipinski definition) is 4. The molecule has 0 bridgehead atoms. The predicted molar refractivity (Wildman–Crippen MR) is 113 cm³/mol. The zero-order chi connectivity index (χ0) is 19.5. The van der Waals surface area contributed by atoms with Crippen LogP contribution in [0.1, 0.15) is 29.9 Å². The highest BCUT2D eigenvalue weighted by Crippen LogP contribution is 2.29. The first-order chi connectivity index (χ1) is 13.7. The van der Waals surface area contributed by atoms with Crippen molar-refractivity contribution in [2.24, 2.45) is 0 Å². The minimum absolute atomic E-state index is 0.0714. The van der Waals surface area contributed by atoms with Gasteiger partial charge in [-0.05, 0) is 31.9 Å².